The molecule has 2 atom stereocenters. The van der Waals surface area contributed by atoms with Crippen LogP contribution in [0.4, 0.5) is 0 Å². The summed E-state index contributed by atoms with van der Waals surface area (Å²) in [6.07, 6.45) is 1.87. The van der Waals surface area contributed by atoms with Crippen LogP contribution in [0.3, 0.4) is 0 Å². The van der Waals surface area contributed by atoms with Crippen LogP contribution in [0.2, 0.25) is 0 Å². The predicted molar refractivity (Wildman–Crippen MR) is 123 cm³/mol. The van der Waals surface area contributed by atoms with Gasteiger partial charge in [-0.2, -0.15) is 0 Å². The van der Waals surface area contributed by atoms with E-state index in [2.05, 4.69) is 45.9 Å². The largest absolute Gasteiger partial charge is 0.489 e. The molecule has 0 unspecified atom stereocenters. The van der Waals surface area contributed by atoms with Gasteiger partial charge in [-0.05, 0) is 44.2 Å². The van der Waals surface area contributed by atoms with Gasteiger partial charge in [0.25, 0.3) is 0 Å². The average molecular weight is 439 g/mol. The van der Waals surface area contributed by atoms with Crippen LogP contribution in [0.25, 0.3) is 0 Å². The normalized spacial score (nSPS) is 21.8. The van der Waals surface area contributed by atoms with Crippen LogP contribution in [0.5, 0.6) is 11.5 Å². The van der Waals surface area contributed by atoms with Gasteiger partial charge in [-0.15, -0.1) is 0 Å². The van der Waals surface area contributed by atoms with E-state index >= 15 is 0 Å². The minimum atomic E-state index is -0.618. The van der Waals surface area contributed by atoms with Gasteiger partial charge >= 0.3 is 5.97 Å². The molecule has 0 radical (unpaired) electrons. The van der Waals surface area contributed by atoms with E-state index < -0.39 is 6.10 Å². The van der Waals surface area contributed by atoms with Crippen molar-refractivity contribution >= 4 is 5.97 Å². The average Bonchev–Trinajstić information content (AvgIpc) is 3.03. The highest BCUT2D eigenvalue weighted by atomic mass is 16.5. The first kappa shape index (κ1) is 22.7. The Kier molecular flexibility index (Phi) is 6.47. The lowest BCUT2D eigenvalue weighted by Gasteiger charge is -2.27. The van der Waals surface area contributed by atoms with Gasteiger partial charge in [0, 0.05) is 29.5 Å². The maximum atomic E-state index is 11.8. The molecule has 5 heteroatoms. The molecule has 0 bridgehead atoms. The fourth-order valence-corrected chi connectivity index (χ4v) is 4.88. The molecule has 2 aromatic carbocycles. The molecule has 1 saturated heterocycles. The first-order valence-electron chi connectivity index (χ1n) is 11.6. The highest BCUT2D eigenvalue weighted by Gasteiger charge is 2.35. The number of aliphatic hydroxyl groups is 1. The molecule has 5 nitrogen and oxygen atoms in total. The molecule has 0 aliphatic carbocycles. The van der Waals surface area contributed by atoms with Gasteiger partial charge in [-0.25, -0.2) is 0 Å². The Morgan fingerprint density at radius 3 is 2.66 bits per heavy atom. The number of hydrogen-bond donors (Lipinski definition) is 1. The highest BCUT2D eigenvalue weighted by molar-refractivity contribution is 5.71. The fraction of sp³-hybridized carbons (Fsp3) is 0.519. The number of cyclic esters (lactones) is 1. The van der Waals surface area contributed by atoms with Crippen LogP contribution >= 0.6 is 0 Å². The summed E-state index contributed by atoms with van der Waals surface area (Å²) in [4.78, 5) is 11.8. The first-order chi connectivity index (χ1) is 15.2. The summed E-state index contributed by atoms with van der Waals surface area (Å²) in [5.41, 5.74) is 4.32. The molecule has 0 saturated carbocycles. The molecular formula is C27H34O5. The highest BCUT2D eigenvalue weighted by Crippen LogP contribution is 2.46. The minimum Gasteiger partial charge on any atom is -0.489 e. The Labute approximate surface area is 190 Å². The third-order valence-corrected chi connectivity index (χ3v) is 6.22. The molecule has 2 heterocycles. The van der Waals surface area contributed by atoms with Gasteiger partial charge < -0.3 is 19.3 Å². The topological polar surface area (TPSA) is 65.0 Å². The van der Waals surface area contributed by atoms with Crippen molar-refractivity contribution in [2.45, 2.75) is 90.1 Å². The second-order valence-electron chi connectivity index (χ2n) is 9.97. The number of carbonyl (C=O) groups is 1. The quantitative estimate of drug-likeness (QED) is 0.609. The zero-order valence-electron chi connectivity index (χ0n) is 19.5. The molecule has 1 fully saturated rings. The number of hydrogen-bond acceptors (Lipinski definition) is 5. The number of benzene rings is 2. The molecular weight excluding hydrogens is 404 g/mol. The summed E-state index contributed by atoms with van der Waals surface area (Å²) in [7, 11) is 0. The molecule has 32 heavy (non-hydrogen) atoms. The van der Waals surface area contributed by atoms with Gasteiger partial charge in [0.1, 0.15) is 29.8 Å². The number of rotatable bonds is 7. The number of ether oxygens (including phenoxy) is 3. The van der Waals surface area contributed by atoms with E-state index in [9.17, 15) is 9.90 Å². The summed E-state index contributed by atoms with van der Waals surface area (Å²) >= 11 is 0. The Balaban J connectivity index is 1.65. The van der Waals surface area contributed by atoms with Crippen molar-refractivity contribution in [3.8, 4) is 11.5 Å². The molecule has 0 spiro atoms. The number of fused-ring (bicyclic) bond motifs is 1. The standard InChI is InChI=1S/C27H34O5/c1-17(2)25-22(11-10-21-13-20(28)14-24(29)31-21)26-19(15-27(3,4)32-26)12-23(25)30-16-18-8-6-5-7-9-18/h5-9,12,17,20-21,28H,10-11,13-16H2,1-4H3/t20-,21-/m1/s1. The van der Waals surface area contributed by atoms with E-state index in [0.717, 1.165) is 40.2 Å². The second-order valence-corrected chi connectivity index (χ2v) is 9.97. The Bertz CT molecular complexity index is 964. The summed E-state index contributed by atoms with van der Waals surface area (Å²) in [6, 6.07) is 12.3. The van der Waals surface area contributed by atoms with E-state index in [1.165, 1.54) is 0 Å². The van der Waals surface area contributed by atoms with E-state index in [1.54, 1.807) is 0 Å². The predicted octanol–water partition coefficient (Wildman–Crippen LogP) is 5.10. The van der Waals surface area contributed by atoms with E-state index in [0.29, 0.717) is 25.9 Å². The summed E-state index contributed by atoms with van der Waals surface area (Å²) < 4.78 is 18.3. The van der Waals surface area contributed by atoms with Crippen molar-refractivity contribution in [2.24, 2.45) is 0 Å². The fourth-order valence-electron chi connectivity index (χ4n) is 4.88. The zero-order chi connectivity index (χ0) is 22.9. The lowest BCUT2D eigenvalue weighted by molar-refractivity contribution is -0.160. The minimum absolute atomic E-state index is 0.0866. The van der Waals surface area contributed by atoms with Crippen molar-refractivity contribution in [1.29, 1.82) is 0 Å². The van der Waals surface area contributed by atoms with E-state index in [1.807, 2.05) is 18.2 Å². The van der Waals surface area contributed by atoms with Crippen molar-refractivity contribution in [3.63, 3.8) is 0 Å². The van der Waals surface area contributed by atoms with Crippen molar-refractivity contribution in [1.82, 2.24) is 0 Å². The molecule has 2 aliphatic heterocycles. The van der Waals surface area contributed by atoms with Gasteiger partial charge in [0.05, 0.1) is 12.5 Å². The maximum Gasteiger partial charge on any atom is 0.308 e. The zero-order valence-corrected chi connectivity index (χ0v) is 19.5. The van der Waals surface area contributed by atoms with Crippen LogP contribution in [-0.4, -0.2) is 28.9 Å². The Hall–Kier alpha value is -2.53. The molecule has 0 aromatic heterocycles. The van der Waals surface area contributed by atoms with Crippen LogP contribution in [0.1, 0.15) is 75.1 Å². The molecule has 2 aromatic rings. The molecule has 4 rings (SSSR count). The number of carbonyl (C=O) groups excluding carboxylic acids is 1. The lowest BCUT2D eigenvalue weighted by atomic mass is 9.88. The third kappa shape index (κ3) is 5.09. The maximum absolute atomic E-state index is 11.8. The van der Waals surface area contributed by atoms with Gasteiger partial charge in [0.2, 0.25) is 0 Å². The van der Waals surface area contributed by atoms with Crippen molar-refractivity contribution in [2.75, 3.05) is 0 Å². The number of esters is 1. The Morgan fingerprint density at radius 1 is 1.22 bits per heavy atom. The van der Waals surface area contributed by atoms with Crippen LogP contribution in [0.15, 0.2) is 36.4 Å². The van der Waals surface area contributed by atoms with E-state index in [-0.39, 0.29) is 30.0 Å². The summed E-state index contributed by atoms with van der Waals surface area (Å²) in [6.45, 7) is 9.07. The Morgan fingerprint density at radius 2 is 1.97 bits per heavy atom. The molecule has 2 aliphatic rings. The van der Waals surface area contributed by atoms with Gasteiger partial charge in [-0.3, -0.25) is 4.79 Å². The van der Waals surface area contributed by atoms with Crippen LogP contribution in [-0.2, 0) is 29.0 Å². The molecule has 0 amide bonds. The van der Waals surface area contributed by atoms with Crippen LogP contribution in [0, 0.1) is 0 Å². The van der Waals surface area contributed by atoms with Gasteiger partial charge in [0.15, 0.2) is 0 Å². The molecule has 1 N–H and O–H groups in total. The lowest BCUT2D eigenvalue weighted by Crippen LogP contribution is -2.32. The SMILES string of the molecule is CC(C)c1c(OCc2ccccc2)cc2c(c1CC[C@@H]1C[C@@H](O)CC(=O)O1)OC(C)(C)C2. The van der Waals surface area contributed by atoms with Gasteiger partial charge in [-0.1, -0.05) is 44.2 Å². The van der Waals surface area contributed by atoms with E-state index in [4.69, 9.17) is 14.2 Å². The number of aliphatic hydroxyl groups excluding tert-OH is 1. The summed E-state index contributed by atoms with van der Waals surface area (Å²) in [5, 5.41) is 9.99. The monoisotopic (exact) mass is 438 g/mol. The smallest absolute Gasteiger partial charge is 0.308 e. The van der Waals surface area contributed by atoms with Crippen LogP contribution < -0.4 is 9.47 Å². The van der Waals surface area contributed by atoms with Crippen molar-refractivity contribution < 1.29 is 24.1 Å². The summed E-state index contributed by atoms with van der Waals surface area (Å²) in [5.74, 6) is 1.78. The third-order valence-electron chi connectivity index (χ3n) is 6.22. The second kappa shape index (κ2) is 9.14. The first-order valence-corrected chi connectivity index (χ1v) is 11.6. The molecule has 172 valence electrons. The van der Waals surface area contributed by atoms with Crippen molar-refractivity contribution in [3.05, 3.63) is 58.7 Å².